The Labute approximate surface area is 145 Å². The molecular weight excluding hydrogens is 326 g/mol. The van der Waals surface area contributed by atoms with Crippen molar-refractivity contribution < 1.29 is 14.3 Å². The molecule has 2 saturated heterocycles. The maximum Gasteiger partial charge on any atom is 0.290 e. The van der Waals surface area contributed by atoms with E-state index >= 15 is 0 Å². The zero-order valence-electron chi connectivity index (χ0n) is 13.7. The minimum atomic E-state index is -0.357. The summed E-state index contributed by atoms with van der Waals surface area (Å²) in [6, 6.07) is 5.87. The van der Waals surface area contributed by atoms with Crippen LogP contribution in [0.2, 0.25) is 0 Å². The summed E-state index contributed by atoms with van der Waals surface area (Å²) < 4.78 is 5.96. The lowest BCUT2D eigenvalue weighted by atomic mass is 10.1. The van der Waals surface area contributed by atoms with Crippen molar-refractivity contribution >= 4 is 34.7 Å². The molecule has 2 fully saturated rings. The van der Waals surface area contributed by atoms with Gasteiger partial charge in [0.25, 0.3) is 11.1 Å². The summed E-state index contributed by atoms with van der Waals surface area (Å²) in [6.45, 7) is 5.54. The van der Waals surface area contributed by atoms with Crippen molar-refractivity contribution in [1.82, 2.24) is 5.32 Å². The van der Waals surface area contributed by atoms with Gasteiger partial charge in [0.1, 0.15) is 5.75 Å². The van der Waals surface area contributed by atoms with Gasteiger partial charge in [-0.2, -0.15) is 0 Å². The van der Waals surface area contributed by atoms with Crippen LogP contribution >= 0.6 is 11.8 Å². The summed E-state index contributed by atoms with van der Waals surface area (Å²) in [5.41, 5.74) is 7.84. The third-order valence-electron chi connectivity index (χ3n) is 3.86. The van der Waals surface area contributed by atoms with Gasteiger partial charge in [-0.05, 0) is 44.2 Å². The number of ether oxygens (including phenoxy) is 1. The van der Waals surface area contributed by atoms with Crippen molar-refractivity contribution in [3.05, 3.63) is 28.7 Å². The van der Waals surface area contributed by atoms with Gasteiger partial charge in [0, 0.05) is 24.7 Å². The summed E-state index contributed by atoms with van der Waals surface area (Å²) in [7, 11) is 0. The molecule has 2 aliphatic heterocycles. The monoisotopic (exact) mass is 347 g/mol. The SMILES string of the molecule is CC(C)Oc1cccc(C=C2SC(=O)NC2=O)c1N1CCC(N)C1. The van der Waals surface area contributed by atoms with Crippen molar-refractivity contribution in [3.8, 4) is 5.75 Å². The number of nitrogens with zero attached hydrogens (tertiary/aromatic N) is 1. The number of carbonyl (C=O) groups excluding carboxylic acids is 2. The normalized spacial score (nSPS) is 22.6. The van der Waals surface area contributed by atoms with E-state index in [-0.39, 0.29) is 23.3 Å². The van der Waals surface area contributed by atoms with Crippen molar-refractivity contribution in [2.45, 2.75) is 32.4 Å². The van der Waals surface area contributed by atoms with Crippen LogP contribution in [0, 0.1) is 0 Å². The van der Waals surface area contributed by atoms with Gasteiger partial charge < -0.3 is 15.4 Å². The van der Waals surface area contributed by atoms with E-state index in [1.165, 1.54) is 0 Å². The van der Waals surface area contributed by atoms with Crippen LogP contribution in [0.15, 0.2) is 23.1 Å². The van der Waals surface area contributed by atoms with Crippen LogP contribution in [-0.4, -0.2) is 36.4 Å². The molecule has 3 N–H and O–H groups in total. The molecule has 2 aliphatic rings. The minimum Gasteiger partial charge on any atom is -0.489 e. The zero-order chi connectivity index (χ0) is 17.3. The number of para-hydroxylation sites is 1. The highest BCUT2D eigenvalue weighted by atomic mass is 32.2. The number of thioether (sulfide) groups is 1. The average molecular weight is 347 g/mol. The molecule has 2 heterocycles. The number of benzene rings is 1. The number of nitrogens with one attached hydrogen (secondary N) is 1. The van der Waals surface area contributed by atoms with E-state index in [4.69, 9.17) is 10.5 Å². The lowest BCUT2D eigenvalue weighted by Gasteiger charge is -2.25. The van der Waals surface area contributed by atoms with Crippen molar-refractivity contribution in [2.75, 3.05) is 18.0 Å². The minimum absolute atomic E-state index is 0.0358. The Balaban J connectivity index is 2.03. The van der Waals surface area contributed by atoms with E-state index < -0.39 is 0 Å². The molecule has 1 unspecified atom stereocenters. The molecule has 128 valence electrons. The van der Waals surface area contributed by atoms with Gasteiger partial charge in [-0.1, -0.05) is 12.1 Å². The molecule has 6 nitrogen and oxygen atoms in total. The lowest BCUT2D eigenvalue weighted by Crippen LogP contribution is -2.27. The second-order valence-corrected chi connectivity index (χ2v) is 7.22. The number of anilines is 1. The second-order valence-electron chi connectivity index (χ2n) is 6.21. The van der Waals surface area contributed by atoms with E-state index in [1.807, 2.05) is 32.0 Å². The number of hydrogen-bond acceptors (Lipinski definition) is 6. The van der Waals surface area contributed by atoms with Crippen LogP contribution in [0.4, 0.5) is 10.5 Å². The fourth-order valence-corrected chi connectivity index (χ4v) is 3.57. The van der Waals surface area contributed by atoms with Gasteiger partial charge >= 0.3 is 0 Å². The highest BCUT2D eigenvalue weighted by Gasteiger charge is 2.28. The van der Waals surface area contributed by atoms with Gasteiger partial charge in [0.15, 0.2) is 0 Å². The standard InChI is InChI=1S/C17H21N3O3S/c1-10(2)23-13-5-3-4-11(8-14-16(21)19-17(22)24-14)15(13)20-7-6-12(18)9-20/h3-5,8,10,12H,6-7,9,18H2,1-2H3,(H,19,21,22). The number of nitrogens with two attached hydrogens (primary N) is 1. The number of amides is 2. The maximum absolute atomic E-state index is 11.9. The largest absolute Gasteiger partial charge is 0.489 e. The predicted molar refractivity (Wildman–Crippen MR) is 96.1 cm³/mol. The molecule has 0 aromatic heterocycles. The van der Waals surface area contributed by atoms with E-state index in [0.717, 1.165) is 48.3 Å². The number of imide groups is 1. The fraction of sp³-hybridized carbons (Fsp3) is 0.412. The Hall–Kier alpha value is -1.99. The van der Waals surface area contributed by atoms with Crippen LogP contribution in [0.1, 0.15) is 25.8 Å². The summed E-state index contributed by atoms with van der Waals surface area (Å²) in [4.78, 5) is 25.8. The number of rotatable bonds is 4. The Morgan fingerprint density at radius 2 is 2.21 bits per heavy atom. The lowest BCUT2D eigenvalue weighted by molar-refractivity contribution is -0.115. The average Bonchev–Trinajstić information content (AvgIpc) is 3.04. The molecule has 2 amide bonds. The molecule has 0 saturated carbocycles. The first kappa shape index (κ1) is 16.9. The van der Waals surface area contributed by atoms with E-state index in [1.54, 1.807) is 6.08 Å². The van der Waals surface area contributed by atoms with E-state index in [0.29, 0.717) is 4.91 Å². The van der Waals surface area contributed by atoms with E-state index in [2.05, 4.69) is 10.2 Å². The van der Waals surface area contributed by atoms with Gasteiger partial charge in [-0.25, -0.2) is 0 Å². The zero-order valence-corrected chi connectivity index (χ0v) is 14.6. The molecule has 0 aliphatic carbocycles. The Morgan fingerprint density at radius 3 is 2.79 bits per heavy atom. The first-order chi connectivity index (χ1) is 11.4. The van der Waals surface area contributed by atoms with Crippen molar-refractivity contribution in [1.29, 1.82) is 0 Å². The van der Waals surface area contributed by atoms with Crippen molar-refractivity contribution in [2.24, 2.45) is 5.73 Å². The first-order valence-corrected chi connectivity index (χ1v) is 8.80. The highest BCUT2D eigenvalue weighted by molar-refractivity contribution is 8.18. The summed E-state index contributed by atoms with van der Waals surface area (Å²) in [5.74, 6) is 0.410. The number of carbonyl (C=O) groups is 2. The van der Waals surface area contributed by atoms with Gasteiger partial charge in [0.05, 0.1) is 16.7 Å². The molecule has 7 heteroatoms. The quantitative estimate of drug-likeness (QED) is 0.813. The van der Waals surface area contributed by atoms with Crippen LogP contribution in [0.3, 0.4) is 0 Å². The Morgan fingerprint density at radius 1 is 1.42 bits per heavy atom. The predicted octanol–water partition coefficient (Wildman–Crippen LogP) is 2.34. The van der Waals surface area contributed by atoms with Crippen LogP contribution in [0.25, 0.3) is 6.08 Å². The van der Waals surface area contributed by atoms with Crippen LogP contribution in [-0.2, 0) is 4.79 Å². The summed E-state index contributed by atoms with van der Waals surface area (Å²) >= 11 is 0.918. The molecule has 24 heavy (non-hydrogen) atoms. The summed E-state index contributed by atoms with van der Waals surface area (Å²) in [5, 5.41) is 1.94. The topological polar surface area (TPSA) is 84.7 Å². The molecule has 0 spiro atoms. The molecule has 1 aromatic carbocycles. The fourth-order valence-electron chi connectivity index (χ4n) is 2.90. The molecule has 0 radical (unpaired) electrons. The third kappa shape index (κ3) is 3.57. The second kappa shape index (κ2) is 6.86. The third-order valence-corrected chi connectivity index (χ3v) is 4.67. The van der Waals surface area contributed by atoms with E-state index in [9.17, 15) is 9.59 Å². The Bertz CT molecular complexity index is 702. The molecular formula is C17H21N3O3S. The maximum atomic E-state index is 11.9. The van der Waals surface area contributed by atoms with Gasteiger partial charge in [-0.15, -0.1) is 0 Å². The molecule has 1 aromatic rings. The molecule has 0 bridgehead atoms. The summed E-state index contributed by atoms with van der Waals surface area (Å²) in [6.07, 6.45) is 2.70. The van der Waals surface area contributed by atoms with Gasteiger partial charge in [-0.3, -0.25) is 14.9 Å². The molecule has 3 rings (SSSR count). The smallest absolute Gasteiger partial charge is 0.290 e. The number of hydrogen-bond donors (Lipinski definition) is 2. The Kier molecular flexibility index (Phi) is 4.82. The van der Waals surface area contributed by atoms with Crippen LogP contribution in [0.5, 0.6) is 5.75 Å². The first-order valence-electron chi connectivity index (χ1n) is 7.99. The van der Waals surface area contributed by atoms with Gasteiger partial charge in [0.2, 0.25) is 0 Å². The molecule has 1 atom stereocenters. The highest BCUT2D eigenvalue weighted by Crippen LogP contribution is 2.38. The van der Waals surface area contributed by atoms with Crippen molar-refractivity contribution in [3.63, 3.8) is 0 Å². The van der Waals surface area contributed by atoms with Crippen LogP contribution < -0.4 is 20.7 Å².